The molecule has 0 bridgehead atoms. The Kier molecular flexibility index (Phi) is 7.45. The molecule has 0 radical (unpaired) electrons. The van der Waals surface area contributed by atoms with Gasteiger partial charge in [-0.3, -0.25) is 4.79 Å². The first-order valence-corrected chi connectivity index (χ1v) is 12.8. The third-order valence-electron chi connectivity index (χ3n) is 7.12. The second-order valence-corrected chi connectivity index (χ2v) is 12.7. The van der Waals surface area contributed by atoms with Crippen molar-refractivity contribution >= 4 is 11.9 Å². The number of ether oxygens (including phenoxy) is 1. The number of phenols is 1. The molecule has 7 nitrogen and oxygen atoms in total. The van der Waals surface area contributed by atoms with E-state index in [1.165, 1.54) is 13.8 Å². The number of aliphatic hydroxyl groups is 1. The number of hydrogen-bond acceptors (Lipinski definition) is 5. The summed E-state index contributed by atoms with van der Waals surface area (Å²) in [6, 6.07) is 10.5. The number of aliphatic carboxylic acids is 1. The fourth-order valence-corrected chi connectivity index (χ4v) is 4.69. The van der Waals surface area contributed by atoms with Gasteiger partial charge in [0.2, 0.25) is 0 Å². The van der Waals surface area contributed by atoms with Crippen LogP contribution in [0.3, 0.4) is 0 Å². The van der Waals surface area contributed by atoms with Gasteiger partial charge in [-0.15, -0.1) is 0 Å². The number of aromatic hydroxyl groups is 1. The molecular formula is C30H41NO6. The van der Waals surface area contributed by atoms with Crippen LogP contribution in [0.5, 0.6) is 11.5 Å². The molecule has 0 aliphatic carbocycles. The highest BCUT2D eigenvalue weighted by Crippen LogP contribution is 2.42. The molecule has 1 aliphatic heterocycles. The molecule has 0 atom stereocenters. The van der Waals surface area contributed by atoms with Crippen molar-refractivity contribution in [3.63, 3.8) is 0 Å². The number of rotatable bonds is 5. The number of carbonyl (C=O) groups excluding carboxylic acids is 1. The standard InChI is InChI=1S/C30H41NO6/c1-27(2,3)21-17-19(18-22(24(21)32)28(4,5)6)25(33)31-15-13-30(36,14-16-31)20-11-9-10-12-23(20)37-29(7,8)26(34)35/h9-12,17-18,32,36H,13-16H2,1-8H3,(H,34,35). The van der Waals surface area contributed by atoms with Crippen LogP contribution in [0.15, 0.2) is 36.4 Å². The van der Waals surface area contributed by atoms with Gasteiger partial charge >= 0.3 is 5.97 Å². The maximum absolute atomic E-state index is 13.6. The smallest absolute Gasteiger partial charge is 0.347 e. The third-order valence-corrected chi connectivity index (χ3v) is 7.12. The van der Waals surface area contributed by atoms with Crippen molar-refractivity contribution in [2.45, 2.75) is 90.3 Å². The Morgan fingerprint density at radius 3 is 1.84 bits per heavy atom. The fraction of sp³-hybridized carbons (Fsp3) is 0.533. The molecule has 2 aromatic rings. The van der Waals surface area contributed by atoms with Gasteiger partial charge < -0.3 is 25.0 Å². The topological polar surface area (TPSA) is 107 Å². The summed E-state index contributed by atoms with van der Waals surface area (Å²) in [5.74, 6) is -0.701. The van der Waals surface area contributed by atoms with Crippen LogP contribution >= 0.6 is 0 Å². The maximum Gasteiger partial charge on any atom is 0.347 e. The molecule has 1 fully saturated rings. The van der Waals surface area contributed by atoms with Crippen molar-refractivity contribution < 1.29 is 29.6 Å². The van der Waals surface area contributed by atoms with E-state index < -0.39 is 17.2 Å². The van der Waals surface area contributed by atoms with Crippen LogP contribution in [0.1, 0.15) is 95.3 Å². The van der Waals surface area contributed by atoms with E-state index in [2.05, 4.69) is 0 Å². The summed E-state index contributed by atoms with van der Waals surface area (Å²) in [6.07, 6.45) is 0.561. The van der Waals surface area contributed by atoms with E-state index in [4.69, 9.17) is 4.74 Å². The summed E-state index contributed by atoms with van der Waals surface area (Å²) in [5.41, 5.74) is -0.933. The minimum absolute atomic E-state index is 0.144. The molecule has 202 valence electrons. The number of carboxylic acids is 1. The molecule has 2 aromatic carbocycles. The van der Waals surface area contributed by atoms with Gasteiger partial charge in [-0.2, -0.15) is 0 Å². The normalized spacial score (nSPS) is 16.4. The zero-order valence-electron chi connectivity index (χ0n) is 23.3. The molecule has 37 heavy (non-hydrogen) atoms. The zero-order chi connectivity index (χ0) is 28.0. The van der Waals surface area contributed by atoms with Crippen molar-refractivity contribution in [3.05, 3.63) is 58.7 Å². The van der Waals surface area contributed by atoms with Gasteiger partial charge in [-0.05, 0) is 55.7 Å². The van der Waals surface area contributed by atoms with Crippen molar-refractivity contribution in [2.24, 2.45) is 0 Å². The lowest BCUT2D eigenvalue weighted by molar-refractivity contribution is -0.152. The second-order valence-electron chi connectivity index (χ2n) is 12.7. The Hall–Kier alpha value is -3.06. The van der Waals surface area contributed by atoms with Crippen LogP contribution in [0, 0.1) is 0 Å². The predicted octanol–water partition coefficient (Wildman–Crippen LogP) is 5.35. The van der Waals surface area contributed by atoms with E-state index in [1.54, 1.807) is 41.3 Å². The van der Waals surface area contributed by atoms with Gasteiger partial charge in [0.05, 0.1) is 5.60 Å². The van der Waals surface area contributed by atoms with Crippen LogP contribution in [0.4, 0.5) is 0 Å². The van der Waals surface area contributed by atoms with Crippen molar-refractivity contribution in [1.29, 1.82) is 0 Å². The summed E-state index contributed by atoms with van der Waals surface area (Å²) >= 11 is 0. The summed E-state index contributed by atoms with van der Waals surface area (Å²) in [6.45, 7) is 15.6. The van der Waals surface area contributed by atoms with E-state index in [-0.39, 0.29) is 35.3 Å². The minimum Gasteiger partial charge on any atom is -0.507 e. The summed E-state index contributed by atoms with van der Waals surface area (Å²) in [4.78, 5) is 26.9. The van der Waals surface area contributed by atoms with Gasteiger partial charge in [-0.1, -0.05) is 59.7 Å². The second kappa shape index (κ2) is 9.67. The molecule has 3 N–H and O–H groups in total. The molecule has 1 heterocycles. The predicted molar refractivity (Wildman–Crippen MR) is 143 cm³/mol. The van der Waals surface area contributed by atoms with E-state index in [0.29, 0.717) is 30.0 Å². The Morgan fingerprint density at radius 2 is 1.38 bits per heavy atom. The first-order valence-electron chi connectivity index (χ1n) is 12.8. The lowest BCUT2D eigenvalue weighted by Crippen LogP contribution is -2.46. The number of para-hydroxylation sites is 1. The summed E-state index contributed by atoms with van der Waals surface area (Å²) in [5, 5.41) is 32.1. The fourth-order valence-electron chi connectivity index (χ4n) is 4.69. The average molecular weight is 512 g/mol. The van der Waals surface area contributed by atoms with Gasteiger partial charge in [0, 0.05) is 35.3 Å². The number of carbonyl (C=O) groups is 2. The molecule has 0 saturated carbocycles. The first kappa shape index (κ1) is 28.5. The van der Waals surface area contributed by atoms with E-state index in [0.717, 1.165) is 11.1 Å². The van der Waals surface area contributed by atoms with Crippen LogP contribution in [0.2, 0.25) is 0 Å². The Bertz CT molecular complexity index is 1140. The highest BCUT2D eigenvalue weighted by Gasteiger charge is 2.40. The number of carboxylic acid groups (broad SMARTS) is 1. The lowest BCUT2D eigenvalue weighted by Gasteiger charge is -2.40. The van der Waals surface area contributed by atoms with Gasteiger partial charge in [0.1, 0.15) is 11.5 Å². The van der Waals surface area contributed by atoms with E-state index >= 15 is 0 Å². The Morgan fingerprint density at radius 1 is 0.892 bits per heavy atom. The maximum atomic E-state index is 13.6. The number of amides is 1. The molecule has 3 rings (SSSR count). The average Bonchev–Trinajstić information content (AvgIpc) is 2.77. The number of phenolic OH excluding ortho intramolecular Hbond substituents is 1. The quantitative estimate of drug-likeness (QED) is 0.499. The van der Waals surface area contributed by atoms with Crippen LogP contribution in [-0.2, 0) is 21.2 Å². The van der Waals surface area contributed by atoms with E-state index in [9.17, 15) is 24.9 Å². The molecule has 1 saturated heterocycles. The van der Waals surface area contributed by atoms with Crippen LogP contribution < -0.4 is 4.74 Å². The van der Waals surface area contributed by atoms with E-state index in [1.807, 2.05) is 41.5 Å². The van der Waals surface area contributed by atoms with Crippen LogP contribution in [-0.4, -0.2) is 50.8 Å². The van der Waals surface area contributed by atoms with Gasteiger partial charge in [0.25, 0.3) is 5.91 Å². The summed E-state index contributed by atoms with van der Waals surface area (Å²) < 4.78 is 5.79. The van der Waals surface area contributed by atoms with Gasteiger partial charge in [0.15, 0.2) is 5.60 Å². The summed E-state index contributed by atoms with van der Waals surface area (Å²) in [7, 11) is 0. The number of likely N-dealkylation sites (tertiary alicyclic amines) is 1. The Labute approximate surface area is 220 Å². The molecule has 0 aromatic heterocycles. The molecule has 0 spiro atoms. The molecule has 1 aliphatic rings. The van der Waals surface area contributed by atoms with Gasteiger partial charge in [-0.25, -0.2) is 4.79 Å². The zero-order valence-corrected chi connectivity index (χ0v) is 23.3. The monoisotopic (exact) mass is 511 g/mol. The molecule has 7 heteroatoms. The highest BCUT2D eigenvalue weighted by molar-refractivity contribution is 5.95. The first-order chi connectivity index (χ1) is 16.9. The SMILES string of the molecule is CC(C)(Oc1ccccc1C1(O)CCN(C(=O)c2cc(C(C)(C)C)c(O)c(C(C)(C)C)c2)CC1)C(=O)O. The van der Waals surface area contributed by atoms with Crippen molar-refractivity contribution in [2.75, 3.05) is 13.1 Å². The number of benzene rings is 2. The number of hydrogen-bond donors (Lipinski definition) is 3. The Balaban J connectivity index is 1.88. The van der Waals surface area contributed by atoms with Crippen molar-refractivity contribution in [3.8, 4) is 11.5 Å². The number of nitrogens with zero attached hydrogens (tertiary/aromatic N) is 1. The van der Waals surface area contributed by atoms with Crippen LogP contribution in [0.25, 0.3) is 0 Å². The van der Waals surface area contributed by atoms with Crippen molar-refractivity contribution in [1.82, 2.24) is 4.90 Å². The minimum atomic E-state index is -1.46. The molecular weight excluding hydrogens is 470 g/mol. The largest absolute Gasteiger partial charge is 0.507 e. The molecule has 0 unspecified atom stereocenters. The highest BCUT2D eigenvalue weighted by atomic mass is 16.5. The lowest BCUT2D eigenvalue weighted by atomic mass is 9.78. The third kappa shape index (κ3) is 5.93. The number of piperidine rings is 1. The molecule has 1 amide bonds.